The smallest absolute Gasteiger partial charge is 0.304 e. The third kappa shape index (κ3) is 3.55. The zero-order valence-electron chi connectivity index (χ0n) is 7.21. The number of carbonyl (C=O) groups excluding carboxylic acids is 1. The summed E-state index contributed by atoms with van der Waals surface area (Å²) in [7, 11) is 0. The fourth-order valence-electron chi connectivity index (χ4n) is 0.789. The van der Waals surface area contributed by atoms with Crippen LogP contribution in [-0.2, 0) is 9.53 Å². The minimum Gasteiger partial charge on any atom is -0.445 e. The molecule has 0 saturated carbocycles. The van der Waals surface area contributed by atoms with Gasteiger partial charge < -0.3 is 10.1 Å². The maximum absolute atomic E-state index is 12.4. The lowest BCUT2D eigenvalue weighted by atomic mass is 10.3. The summed E-state index contributed by atoms with van der Waals surface area (Å²) in [4.78, 5) is 10.4. The van der Waals surface area contributed by atoms with Crippen LogP contribution in [0.2, 0.25) is 0 Å². The van der Waals surface area contributed by atoms with Crippen molar-refractivity contribution in [1.29, 1.82) is 0 Å². The van der Waals surface area contributed by atoms with E-state index < -0.39 is 0 Å². The van der Waals surface area contributed by atoms with Crippen LogP contribution in [0.5, 0.6) is 0 Å². The van der Waals surface area contributed by atoms with E-state index in [0.29, 0.717) is 5.69 Å². The van der Waals surface area contributed by atoms with E-state index in [0.717, 1.165) is 0 Å². The molecule has 13 heavy (non-hydrogen) atoms. The van der Waals surface area contributed by atoms with Crippen LogP contribution in [0.25, 0.3) is 0 Å². The van der Waals surface area contributed by atoms with E-state index in [1.807, 2.05) is 0 Å². The quantitative estimate of drug-likeness (QED) is 0.573. The van der Waals surface area contributed by atoms with Gasteiger partial charge in [0.2, 0.25) is 0 Å². The average molecular weight is 183 g/mol. The van der Waals surface area contributed by atoms with Crippen molar-refractivity contribution in [3.8, 4) is 0 Å². The van der Waals surface area contributed by atoms with Crippen molar-refractivity contribution in [1.82, 2.24) is 0 Å². The minimum absolute atomic E-state index is 0.0982. The molecular formula is C9H10FNO2. The zero-order valence-corrected chi connectivity index (χ0v) is 7.21. The second-order valence-electron chi connectivity index (χ2n) is 2.46. The van der Waals surface area contributed by atoms with Gasteiger partial charge in [-0.15, -0.1) is 0 Å². The summed E-state index contributed by atoms with van der Waals surface area (Å²) in [5.41, 5.74) is 0.711. The van der Waals surface area contributed by atoms with Crippen LogP contribution < -0.4 is 5.32 Å². The topological polar surface area (TPSA) is 38.3 Å². The van der Waals surface area contributed by atoms with Crippen LogP contribution in [0, 0.1) is 5.82 Å². The maximum Gasteiger partial charge on any atom is 0.304 e. The van der Waals surface area contributed by atoms with Gasteiger partial charge in [0.1, 0.15) is 5.82 Å². The number of anilines is 1. The predicted molar refractivity (Wildman–Crippen MR) is 46.7 cm³/mol. The summed E-state index contributed by atoms with van der Waals surface area (Å²) in [6.45, 7) is 1.42. The van der Waals surface area contributed by atoms with Gasteiger partial charge in [-0.3, -0.25) is 4.79 Å². The number of rotatable bonds is 3. The Kier molecular flexibility index (Phi) is 3.25. The monoisotopic (exact) mass is 183 g/mol. The molecule has 0 heterocycles. The molecule has 0 aliphatic carbocycles. The molecule has 0 atom stereocenters. The second kappa shape index (κ2) is 4.45. The van der Waals surface area contributed by atoms with Crippen molar-refractivity contribution in [3.05, 3.63) is 30.1 Å². The third-order valence-corrected chi connectivity index (χ3v) is 1.40. The van der Waals surface area contributed by atoms with Crippen molar-refractivity contribution < 1.29 is 13.9 Å². The highest BCUT2D eigenvalue weighted by atomic mass is 19.1. The van der Waals surface area contributed by atoms with Gasteiger partial charge >= 0.3 is 5.97 Å². The van der Waals surface area contributed by atoms with Crippen molar-refractivity contribution in [2.45, 2.75) is 6.92 Å². The molecule has 0 spiro atoms. The summed E-state index contributed by atoms with van der Waals surface area (Å²) < 4.78 is 17.1. The fraction of sp³-hybridized carbons (Fsp3) is 0.222. The second-order valence-corrected chi connectivity index (χ2v) is 2.46. The Hall–Kier alpha value is -1.58. The first kappa shape index (κ1) is 9.51. The average Bonchev–Trinajstić information content (AvgIpc) is 2.08. The fourth-order valence-corrected chi connectivity index (χ4v) is 0.789. The molecule has 0 bridgehead atoms. The van der Waals surface area contributed by atoms with E-state index in [-0.39, 0.29) is 18.5 Å². The summed E-state index contributed by atoms with van der Waals surface area (Å²) in [6.07, 6.45) is 0. The number of esters is 1. The van der Waals surface area contributed by atoms with Crippen LogP contribution in [0.4, 0.5) is 10.1 Å². The molecule has 0 unspecified atom stereocenters. The van der Waals surface area contributed by atoms with E-state index in [1.54, 1.807) is 12.1 Å². The van der Waals surface area contributed by atoms with Gasteiger partial charge in [0.25, 0.3) is 0 Å². The van der Waals surface area contributed by atoms with Gasteiger partial charge in [-0.25, -0.2) is 4.39 Å². The van der Waals surface area contributed by atoms with Crippen LogP contribution in [0.1, 0.15) is 6.92 Å². The Morgan fingerprint density at radius 3 is 2.62 bits per heavy atom. The van der Waals surface area contributed by atoms with Gasteiger partial charge in [0.15, 0.2) is 6.73 Å². The van der Waals surface area contributed by atoms with Gasteiger partial charge in [-0.1, -0.05) is 0 Å². The minimum atomic E-state index is -0.352. The zero-order chi connectivity index (χ0) is 9.68. The van der Waals surface area contributed by atoms with Crippen molar-refractivity contribution in [2.75, 3.05) is 12.0 Å². The number of halogens is 1. The number of ether oxygens (including phenoxy) is 1. The molecule has 4 heteroatoms. The molecule has 0 aromatic heterocycles. The lowest BCUT2D eigenvalue weighted by Crippen LogP contribution is -2.09. The molecular weight excluding hydrogens is 173 g/mol. The first-order valence-electron chi connectivity index (χ1n) is 3.81. The Labute approximate surface area is 75.5 Å². The van der Waals surface area contributed by atoms with E-state index in [4.69, 9.17) is 0 Å². The third-order valence-electron chi connectivity index (χ3n) is 1.40. The van der Waals surface area contributed by atoms with E-state index >= 15 is 0 Å². The van der Waals surface area contributed by atoms with Crippen LogP contribution in [0.3, 0.4) is 0 Å². The predicted octanol–water partition coefficient (Wildman–Crippen LogP) is 1.76. The van der Waals surface area contributed by atoms with Crippen LogP contribution in [-0.4, -0.2) is 12.7 Å². The molecule has 0 saturated heterocycles. The number of carbonyl (C=O) groups is 1. The molecule has 70 valence electrons. The molecule has 0 amide bonds. The number of hydrogen-bond acceptors (Lipinski definition) is 3. The molecule has 1 rings (SSSR count). The first-order chi connectivity index (χ1) is 6.18. The summed E-state index contributed by atoms with van der Waals surface area (Å²) in [5.74, 6) is -0.646. The molecule has 3 nitrogen and oxygen atoms in total. The van der Waals surface area contributed by atoms with Gasteiger partial charge in [0, 0.05) is 12.6 Å². The van der Waals surface area contributed by atoms with Crippen LogP contribution >= 0.6 is 0 Å². The molecule has 0 radical (unpaired) electrons. The highest BCUT2D eigenvalue weighted by Gasteiger charge is 1.93. The Morgan fingerprint density at radius 1 is 1.46 bits per heavy atom. The van der Waals surface area contributed by atoms with Gasteiger partial charge in [-0.2, -0.15) is 0 Å². The summed E-state index contributed by atoms with van der Waals surface area (Å²) in [6, 6.07) is 5.80. The Bertz CT molecular complexity index is 284. The van der Waals surface area contributed by atoms with Crippen LogP contribution in [0.15, 0.2) is 24.3 Å². The summed E-state index contributed by atoms with van der Waals surface area (Å²) >= 11 is 0. The highest BCUT2D eigenvalue weighted by molar-refractivity contribution is 5.66. The molecule has 1 aromatic rings. The lowest BCUT2D eigenvalue weighted by Gasteiger charge is -2.05. The van der Waals surface area contributed by atoms with Crippen molar-refractivity contribution in [2.24, 2.45) is 0 Å². The lowest BCUT2D eigenvalue weighted by molar-refractivity contribution is -0.140. The Morgan fingerprint density at radius 2 is 2.08 bits per heavy atom. The number of nitrogens with one attached hydrogen (secondary N) is 1. The largest absolute Gasteiger partial charge is 0.445 e. The molecule has 0 aliphatic rings. The van der Waals surface area contributed by atoms with E-state index in [1.165, 1.54) is 19.1 Å². The van der Waals surface area contributed by atoms with Gasteiger partial charge in [-0.05, 0) is 24.3 Å². The summed E-state index contributed by atoms with van der Waals surface area (Å²) in [5, 5.41) is 2.79. The number of hydrogen-bond donors (Lipinski definition) is 1. The molecule has 1 N–H and O–H groups in total. The van der Waals surface area contributed by atoms with E-state index in [9.17, 15) is 9.18 Å². The van der Waals surface area contributed by atoms with Crippen molar-refractivity contribution in [3.63, 3.8) is 0 Å². The normalized spacial score (nSPS) is 9.38. The van der Waals surface area contributed by atoms with Crippen molar-refractivity contribution >= 4 is 11.7 Å². The Balaban J connectivity index is 2.37. The standard InChI is InChI=1S/C9H10FNO2/c1-7(12)13-6-11-9-4-2-8(10)3-5-9/h2-5,11H,6H2,1H3. The first-order valence-corrected chi connectivity index (χ1v) is 3.81. The molecule has 0 fully saturated rings. The molecule has 0 aliphatic heterocycles. The maximum atomic E-state index is 12.4. The van der Waals surface area contributed by atoms with Gasteiger partial charge in [0.05, 0.1) is 0 Å². The number of benzene rings is 1. The SMILES string of the molecule is CC(=O)OCNc1ccc(F)cc1. The molecule has 1 aromatic carbocycles. The van der Waals surface area contributed by atoms with E-state index in [2.05, 4.69) is 10.1 Å². The highest BCUT2D eigenvalue weighted by Crippen LogP contribution is 2.07.